The van der Waals surface area contributed by atoms with Gasteiger partial charge in [-0.3, -0.25) is 0 Å². The molecule has 14 heavy (non-hydrogen) atoms. The highest BCUT2D eigenvalue weighted by atomic mass is 19.2. The fourth-order valence-corrected chi connectivity index (χ4v) is 0.923. The molecule has 1 aromatic rings. The molecule has 0 bridgehead atoms. The molecule has 1 rings (SSSR count). The van der Waals surface area contributed by atoms with Crippen LogP contribution in [0.2, 0.25) is 0 Å². The predicted molar refractivity (Wildman–Crippen MR) is 45.4 cm³/mol. The lowest BCUT2D eigenvalue weighted by atomic mass is 10.2. The number of methoxy groups -OCH3 is 1. The van der Waals surface area contributed by atoms with E-state index in [1.807, 2.05) is 0 Å². The zero-order valence-corrected chi connectivity index (χ0v) is 7.54. The summed E-state index contributed by atoms with van der Waals surface area (Å²) in [6.45, 7) is -1.16. The minimum atomic E-state index is -1.79. The minimum absolute atomic E-state index is 0.0268. The molecule has 5 heteroatoms. The second-order valence-electron chi connectivity index (χ2n) is 2.56. The average molecular weight is 201 g/mol. The molecule has 0 radical (unpaired) electrons. The van der Waals surface area contributed by atoms with Gasteiger partial charge >= 0.3 is 5.97 Å². The van der Waals surface area contributed by atoms with Gasteiger partial charge in [0.25, 0.3) is 0 Å². The maximum atomic E-state index is 12.8. The first kappa shape index (κ1) is 10.6. The normalized spacial score (nSPS) is 12.2. The topological polar surface area (TPSA) is 39.2 Å². The van der Waals surface area contributed by atoms with Crippen molar-refractivity contribution in [2.75, 3.05) is 13.8 Å². The summed E-state index contributed by atoms with van der Waals surface area (Å²) in [6, 6.07) is 4.12. The summed E-state index contributed by atoms with van der Waals surface area (Å²) >= 11 is 0. The highest BCUT2D eigenvalue weighted by Crippen LogP contribution is 2.15. The number of ether oxygens (including phenoxy) is 1. The summed E-state index contributed by atoms with van der Waals surface area (Å²) in [5, 5.41) is 0. The highest BCUT2D eigenvalue weighted by Gasteiger charge is 2.14. The largest absolute Gasteiger partial charge is 0.464 e. The molecule has 3 nitrogen and oxygen atoms in total. The van der Waals surface area contributed by atoms with Crippen molar-refractivity contribution in [3.8, 4) is 0 Å². The van der Waals surface area contributed by atoms with E-state index in [0.29, 0.717) is 0 Å². The molecule has 76 valence electrons. The molecular weight excluding hydrogens is 192 g/mol. The van der Waals surface area contributed by atoms with Crippen molar-refractivity contribution in [1.82, 2.24) is 4.98 Å². The zero-order chi connectivity index (χ0) is 10.6. The zero-order valence-electron chi connectivity index (χ0n) is 7.54. The van der Waals surface area contributed by atoms with Gasteiger partial charge in [0.2, 0.25) is 0 Å². The van der Waals surface area contributed by atoms with Crippen LogP contribution in [0.15, 0.2) is 18.2 Å². The first-order valence-corrected chi connectivity index (χ1v) is 3.94. The van der Waals surface area contributed by atoms with Crippen LogP contribution in [0.3, 0.4) is 0 Å². The van der Waals surface area contributed by atoms with Crippen LogP contribution in [0.1, 0.15) is 22.4 Å². The fraction of sp³-hybridized carbons (Fsp3) is 0.333. The molecule has 0 aromatic carbocycles. The Morgan fingerprint density at radius 2 is 2.36 bits per heavy atom. The Balaban J connectivity index is 2.95. The number of aromatic nitrogens is 1. The molecule has 0 fully saturated rings. The van der Waals surface area contributed by atoms with Gasteiger partial charge in [-0.05, 0) is 12.1 Å². The molecule has 0 saturated heterocycles. The van der Waals surface area contributed by atoms with E-state index in [4.69, 9.17) is 0 Å². The third-order valence-electron chi connectivity index (χ3n) is 1.62. The Morgan fingerprint density at radius 3 is 2.93 bits per heavy atom. The number of alkyl halides is 2. The van der Waals surface area contributed by atoms with Crippen LogP contribution in [0.4, 0.5) is 8.78 Å². The van der Waals surface area contributed by atoms with E-state index in [0.717, 1.165) is 0 Å². The van der Waals surface area contributed by atoms with Gasteiger partial charge in [0.05, 0.1) is 12.8 Å². The summed E-state index contributed by atoms with van der Waals surface area (Å²) in [5.41, 5.74) is -0.128. The highest BCUT2D eigenvalue weighted by molar-refractivity contribution is 5.87. The number of halogens is 2. The Morgan fingerprint density at radius 1 is 1.64 bits per heavy atom. The summed E-state index contributed by atoms with van der Waals surface area (Å²) in [6.07, 6.45) is -1.79. The lowest BCUT2D eigenvalue weighted by molar-refractivity contribution is 0.0593. The monoisotopic (exact) mass is 201 g/mol. The summed E-state index contributed by atoms with van der Waals surface area (Å²) in [7, 11) is 1.19. The van der Waals surface area contributed by atoms with Crippen LogP contribution < -0.4 is 0 Å². The van der Waals surface area contributed by atoms with Gasteiger partial charge < -0.3 is 4.74 Å². The van der Waals surface area contributed by atoms with Crippen molar-refractivity contribution in [2.45, 2.75) is 6.17 Å². The number of hydrogen-bond acceptors (Lipinski definition) is 3. The first-order chi connectivity index (χ1) is 6.69. The average Bonchev–Trinajstić information content (AvgIpc) is 2.27. The van der Waals surface area contributed by atoms with Gasteiger partial charge in [0.1, 0.15) is 12.4 Å². The SMILES string of the molecule is COC(=O)c1cccc(C(F)CF)n1. The van der Waals surface area contributed by atoms with Gasteiger partial charge in [-0.15, -0.1) is 0 Å². The van der Waals surface area contributed by atoms with Crippen molar-refractivity contribution >= 4 is 5.97 Å². The Bertz CT molecular complexity index is 330. The van der Waals surface area contributed by atoms with Crippen LogP contribution in [0.25, 0.3) is 0 Å². The van der Waals surface area contributed by atoms with E-state index < -0.39 is 18.8 Å². The smallest absolute Gasteiger partial charge is 0.356 e. The van der Waals surface area contributed by atoms with Crippen molar-refractivity contribution in [2.24, 2.45) is 0 Å². The number of nitrogens with zero attached hydrogens (tertiary/aromatic N) is 1. The molecule has 0 aliphatic heterocycles. The van der Waals surface area contributed by atoms with Gasteiger partial charge in [0.15, 0.2) is 6.17 Å². The van der Waals surface area contributed by atoms with Gasteiger partial charge in [-0.1, -0.05) is 6.07 Å². The van der Waals surface area contributed by atoms with Gasteiger partial charge in [0, 0.05) is 0 Å². The molecule has 0 saturated carbocycles. The summed E-state index contributed by atoms with van der Waals surface area (Å²) in [5.74, 6) is -0.669. The summed E-state index contributed by atoms with van der Waals surface area (Å²) < 4.78 is 29.2. The van der Waals surface area contributed by atoms with E-state index in [2.05, 4.69) is 9.72 Å². The number of hydrogen-bond donors (Lipinski definition) is 0. The molecule has 1 unspecified atom stereocenters. The lowest BCUT2D eigenvalue weighted by Crippen LogP contribution is -2.07. The molecule has 0 amide bonds. The van der Waals surface area contributed by atoms with Crippen molar-refractivity contribution in [3.05, 3.63) is 29.6 Å². The number of pyridine rings is 1. The number of rotatable bonds is 3. The van der Waals surface area contributed by atoms with Gasteiger partial charge in [-0.2, -0.15) is 0 Å². The molecule has 1 aromatic heterocycles. The van der Waals surface area contributed by atoms with Crippen LogP contribution in [-0.4, -0.2) is 24.7 Å². The molecule has 0 spiro atoms. The molecule has 0 aliphatic carbocycles. The van der Waals surface area contributed by atoms with E-state index in [1.165, 1.54) is 25.3 Å². The molecule has 0 aliphatic rings. The Hall–Kier alpha value is -1.52. The van der Waals surface area contributed by atoms with Crippen molar-refractivity contribution in [1.29, 1.82) is 0 Å². The van der Waals surface area contributed by atoms with E-state index >= 15 is 0 Å². The first-order valence-electron chi connectivity index (χ1n) is 3.94. The second-order valence-corrected chi connectivity index (χ2v) is 2.56. The third-order valence-corrected chi connectivity index (χ3v) is 1.62. The summed E-state index contributed by atoms with van der Waals surface area (Å²) in [4.78, 5) is 14.6. The maximum Gasteiger partial charge on any atom is 0.356 e. The van der Waals surface area contributed by atoms with Gasteiger partial charge in [-0.25, -0.2) is 18.6 Å². The van der Waals surface area contributed by atoms with Crippen molar-refractivity contribution in [3.63, 3.8) is 0 Å². The van der Waals surface area contributed by atoms with E-state index in [9.17, 15) is 13.6 Å². The molecule has 0 N–H and O–H groups in total. The number of carbonyl (C=O) groups excluding carboxylic acids is 1. The minimum Gasteiger partial charge on any atom is -0.464 e. The maximum absolute atomic E-state index is 12.8. The molecule has 1 atom stereocenters. The Labute approximate surface area is 79.7 Å². The van der Waals surface area contributed by atoms with Crippen LogP contribution in [-0.2, 0) is 4.74 Å². The van der Waals surface area contributed by atoms with Crippen LogP contribution >= 0.6 is 0 Å². The van der Waals surface area contributed by atoms with Crippen LogP contribution in [0, 0.1) is 0 Å². The second kappa shape index (κ2) is 4.64. The lowest BCUT2D eigenvalue weighted by Gasteiger charge is -2.04. The standard InChI is InChI=1S/C9H9F2NO2/c1-14-9(13)8-4-2-3-7(12-8)6(11)5-10/h2-4,6H,5H2,1H3. The Kier molecular flexibility index (Phi) is 3.50. The van der Waals surface area contributed by atoms with Crippen LogP contribution in [0.5, 0.6) is 0 Å². The van der Waals surface area contributed by atoms with E-state index in [-0.39, 0.29) is 11.4 Å². The third kappa shape index (κ3) is 2.25. The quantitative estimate of drug-likeness (QED) is 0.700. The molecule has 1 heterocycles. The fourth-order valence-electron chi connectivity index (χ4n) is 0.923. The van der Waals surface area contributed by atoms with E-state index in [1.54, 1.807) is 0 Å². The molecular formula is C9H9F2NO2. The number of esters is 1. The van der Waals surface area contributed by atoms with Crippen molar-refractivity contribution < 1.29 is 18.3 Å². The predicted octanol–water partition coefficient (Wildman–Crippen LogP) is 1.85. The number of carbonyl (C=O) groups is 1.